The molecule has 0 aliphatic rings. The molecule has 0 spiro atoms. The minimum absolute atomic E-state index is 0.266. The van der Waals surface area contributed by atoms with Gasteiger partial charge in [-0.15, -0.1) is 13.2 Å². The summed E-state index contributed by atoms with van der Waals surface area (Å²) in [6.45, 7) is 2.12. The van der Waals surface area contributed by atoms with E-state index in [1.165, 1.54) is 18.2 Å². The lowest BCUT2D eigenvalue weighted by atomic mass is 10.2. The van der Waals surface area contributed by atoms with Crippen molar-refractivity contribution in [3.8, 4) is 22.9 Å². The van der Waals surface area contributed by atoms with Gasteiger partial charge in [0, 0.05) is 12.1 Å². The topological polar surface area (TPSA) is 69.4 Å². The maximum atomic E-state index is 12.3. The molecule has 0 bridgehead atoms. The normalized spacial score (nSPS) is 12.6. The van der Waals surface area contributed by atoms with E-state index in [1.54, 1.807) is 19.2 Å². The van der Waals surface area contributed by atoms with Crippen LogP contribution < -0.4 is 14.8 Å². The summed E-state index contributed by atoms with van der Waals surface area (Å²) >= 11 is 0. The zero-order valence-corrected chi connectivity index (χ0v) is 15.2. The summed E-state index contributed by atoms with van der Waals surface area (Å²) in [7, 11) is 1.57. The number of aromatic nitrogens is 2. The molecule has 9 heteroatoms. The van der Waals surface area contributed by atoms with Crippen LogP contribution in [0.2, 0.25) is 0 Å². The van der Waals surface area contributed by atoms with Crippen LogP contribution in [0.5, 0.6) is 11.5 Å². The highest BCUT2D eigenvalue weighted by Gasteiger charge is 2.31. The Hall–Kier alpha value is -3.07. The number of halogens is 3. The predicted octanol–water partition coefficient (Wildman–Crippen LogP) is 4.49. The van der Waals surface area contributed by atoms with Crippen molar-refractivity contribution >= 4 is 0 Å². The van der Waals surface area contributed by atoms with Gasteiger partial charge in [-0.3, -0.25) is 0 Å². The molecular formula is C19H18F3N3O3. The van der Waals surface area contributed by atoms with Crippen molar-refractivity contribution in [3.63, 3.8) is 0 Å². The molecule has 0 saturated heterocycles. The van der Waals surface area contributed by atoms with E-state index in [2.05, 4.69) is 20.2 Å². The van der Waals surface area contributed by atoms with Crippen molar-refractivity contribution in [2.24, 2.45) is 0 Å². The highest BCUT2D eigenvalue weighted by Crippen LogP contribution is 2.25. The van der Waals surface area contributed by atoms with Gasteiger partial charge in [-0.25, -0.2) is 0 Å². The van der Waals surface area contributed by atoms with Gasteiger partial charge >= 0.3 is 6.36 Å². The largest absolute Gasteiger partial charge is 0.573 e. The van der Waals surface area contributed by atoms with E-state index in [4.69, 9.17) is 9.26 Å². The number of benzene rings is 2. The SMILES string of the molecule is COc1cccc(-c2noc(C(C)NCc3cccc(OC(F)(F)F)c3)n2)c1. The molecule has 1 N–H and O–H groups in total. The highest BCUT2D eigenvalue weighted by atomic mass is 19.4. The zero-order valence-electron chi connectivity index (χ0n) is 15.2. The van der Waals surface area contributed by atoms with Crippen LogP contribution in [-0.2, 0) is 6.54 Å². The molecule has 148 valence electrons. The molecule has 2 aromatic carbocycles. The molecule has 0 aliphatic carbocycles. The number of methoxy groups -OCH3 is 1. The average molecular weight is 393 g/mol. The first-order valence-electron chi connectivity index (χ1n) is 8.40. The second-order valence-corrected chi connectivity index (χ2v) is 5.99. The van der Waals surface area contributed by atoms with Crippen molar-refractivity contribution < 1.29 is 27.2 Å². The lowest BCUT2D eigenvalue weighted by Crippen LogP contribution is -2.19. The maximum Gasteiger partial charge on any atom is 0.573 e. The standard InChI is InChI=1S/C19H18F3N3O3/c1-12(23-11-13-5-3-8-16(9-13)27-19(20,21)22)18-24-17(25-28-18)14-6-4-7-15(10-14)26-2/h3-10,12,23H,11H2,1-2H3. The molecule has 1 heterocycles. The molecule has 1 aromatic heterocycles. The van der Waals surface area contributed by atoms with Crippen LogP contribution in [0.3, 0.4) is 0 Å². The van der Waals surface area contributed by atoms with Crippen molar-refractivity contribution in [1.82, 2.24) is 15.5 Å². The van der Waals surface area contributed by atoms with E-state index >= 15 is 0 Å². The van der Waals surface area contributed by atoms with Crippen molar-refractivity contribution in [2.75, 3.05) is 7.11 Å². The van der Waals surface area contributed by atoms with E-state index in [9.17, 15) is 13.2 Å². The Labute approximate surface area is 159 Å². The number of ether oxygens (including phenoxy) is 2. The van der Waals surface area contributed by atoms with E-state index in [0.717, 1.165) is 5.56 Å². The van der Waals surface area contributed by atoms with Crippen LogP contribution in [0.25, 0.3) is 11.4 Å². The van der Waals surface area contributed by atoms with Crippen LogP contribution in [0.15, 0.2) is 53.1 Å². The van der Waals surface area contributed by atoms with Gasteiger partial charge in [0.15, 0.2) is 0 Å². The first kappa shape index (κ1) is 19.7. The molecule has 0 aliphatic heterocycles. The van der Waals surface area contributed by atoms with Crippen LogP contribution >= 0.6 is 0 Å². The number of rotatable bonds is 7. The van der Waals surface area contributed by atoms with Gasteiger partial charge in [0.25, 0.3) is 0 Å². The second-order valence-electron chi connectivity index (χ2n) is 5.99. The molecule has 28 heavy (non-hydrogen) atoms. The van der Waals surface area contributed by atoms with Crippen LogP contribution in [0, 0.1) is 0 Å². The number of nitrogens with zero attached hydrogens (tertiary/aromatic N) is 2. The Bertz CT molecular complexity index is 928. The van der Waals surface area contributed by atoms with Crippen molar-refractivity contribution in [2.45, 2.75) is 25.9 Å². The molecule has 0 amide bonds. The van der Waals surface area contributed by atoms with Crippen LogP contribution in [0.1, 0.15) is 24.4 Å². The lowest BCUT2D eigenvalue weighted by molar-refractivity contribution is -0.274. The fraction of sp³-hybridized carbons (Fsp3) is 0.263. The molecule has 3 aromatic rings. The Kier molecular flexibility index (Phi) is 5.84. The Balaban J connectivity index is 1.63. The van der Waals surface area contributed by atoms with Gasteiger partial charge in [-0.05, 0) is 36.8 Å². The zero-order chi connectivity index (χ0) is 20.1. The van der Waals surface area contributed by atoms with E-state index in [1.807, 2.05) is 25.1 Å². The molecule has 6 nitrogen and oxygen atoms in total. The summed E-state index contributed by atoms with van der Waals surface area (Å²) in [5.74, 6) is 1.19. The third-order valence-electron chi connectivity index (χ3n) is 3.88. The summed E-state index contributed by atoms with van der Waals surface area (Å²) in [5.41, 5.74) is 1.37. The molecule has 1 unspecified atom stereocenters. The Morgan fingerprint density at radius 1 is 1.11 bits per heavy atom. The minimum atomic E-state index is -4.72. The first-order valence-corrected chi connectivity index (χ1v) is 8.40. The highest BCUT2D eigenvalue weighted by molar-refractivity contribution is 5.56. The smallest absolute Gasteiger partial charge is 0.497 e. The van der Waals surface area contributed by atoms with Crippen molar-refractivity contribution in [3.05, 3.63) is 60.0 Å². The summed E-state index contributed by atoms with van der Waals surface area (Å²) in [5, 5.41) is 7.10. The fourth-order valence-electron chi connectivity index (χ4n) is 2.50. The van der Waals surface area contributed by atoms with Gasteiger partial charge in [-0.2, -0.15) is 4.98 Å². The number of nitrogens with one attached hydrogen (secondary N) is 1. The molecule has 0 radical (unpaired) electrons. The fourth-order valence-corrected chi connectivity index (χ4v) is 2.50. The van der Waals surface area contributed by atoms with Crippen molar-refractivity contribution in [1.29, 1.82) is 0 Å². The predicted molar refractivity (Wildman–Crippen MR) is 94.7 cm³/mol. The molecule has 3 rings (SSSR count). The first-order chi connectivity index (χ1) is 13.3. The van der Waals surface area contributed by atoms with E-state index in [0.29, 0.717) is 29.6 Å². The molecule has 0 fully saturated rings. The number of hydrogen-bond acceptors (Lipinski definition) is 6. The summed E-state index contributed by atoms with van der Waals surface area (Å²) < 4.78 is 51.4. The van der Waals surface area contributed by atoms with Crippen LogP contribution in [0.4, 0.5) is 13.2 Å². The second kappa shape index (κ2) is 8.30. The molecule has 1 atom stereocenters. The Morgan fingerprint density at radius 2 is 1.86 bits per heavy atom. The van der Waals surface area contributed by atoms with E-state index < -0.39 is 6.36 Å². The minimum Gasteiger partial charge on any atom is -0.497 e. The van der Waals surface area contributed by atoms with E-state index in [-0.39, 0.29) is 11.8 Å². The van der Waals surface area contributed by atoms with Gasteiger partial charge in [0.2, 0.25) is 11.7 Å². The number of hydrogen-bond donors (Lipinski definition) is 1. The monoisotopic (exact) mass is 393 g/mol. The lowest BCUT2D eigenvalue weighted by Gasteiger charge is -2.12. The quantitative estimate of drug-likeness (QED) is 0.638. The van der Waals surface area contributed by atoms with Gasteiger partial charge in [0.05, 0.1) is 13.2 Å². The van der Waals surface area contributed by atoms with Gasteiger partial charge in [0.1, 0.15) is 11.5 Å². The summed E-state index contributed by atoms with van der Waals surface area (Å²) in [4.78, 5) is 4.36. The third kappa shape index (κ3) is 5.23. The maximum absolute atomic E-state index is 12.3. The third-order valence-corrected chi connectivity index (χ3v) is 3.88. The average Bonchev–Trinajstić information content (AvgIpc) is 3.15. The van der Waals surface area contributed by atoms with Gasteiger partial charge < -0.3 is 19.3 Å². The Morgan fingerprint density at radius 3 is 2.61 bits per heavy atom. The van der Waals surface area contributed by atoms with Gasteiger partial charge in [-0.1, -0.05) is 29.4 Å². The molecular weight excluding hydrogens is 375 g/mol. The number of alkyl halides is 3. The summed E-state index contributed by atoms with van der Waals surface area (Å²) in [6.07, 6.45) is -4.72. The summed E-state index contributed by atoms with van der Waals surface area (Å²) in [6, 6.07) is 12.7. The molecule has 0 saturated carbocycles. The van der Waals surface area contributed by atoms with Crippen LogP contribution in [-0.4, -0.2) is 23.6 Å².